The van der Waals surface area contributed by atoms with E-state index in [0.29, 0.717) is 5.82 Å². The number of nitrogens with one attached hydrogen (secondary N) is 1. The van der Waals surface area contributed by atoms with Crippen LogP contribution >= 0.6 is 15.8 Å². The van der Waals surface area contributed by atoms with Crippen molar-refractivity contribution in [1.29, 1.82) is 0 Å². The Balaban J connectivity index is 0.000000317. The van der Waals surface area contributed by atoms with Crippen molar-refractivity contribution < 1.29 is 21.8 Å². The first-order chi connectivity index (χ1) is 24.8. The largest absolute Gasteiger partial charge is 2.00 e. The average molecular weight is 748 g/mol. The van der Waals surface area contributed by atoms with E-state index in [1.54, 1.807) is 6.20 Å². The Bertz CT molecular complexity index is 1990. The molecule has 0 aliphatic heterocycles. The van der Waals surface area contributed by atoms with Gasteiger partial charge in [-0.05, 0) is 61.3 Å². The molecule has 0 aliphatic rings. The van der Waals surface area contributed by atoms with Gasteiger partial charge in [-0.3, -0.25) is 10.1 Å². The zero-order chi connectivity index (χ0) is 33.8. The van der Waals surface area contributed by atoms with Gasteiger partial charge in [-0.1, -0.05) is 164 Å². The number of nitrogens with zero attached hydrogens (tertiary/aromatic N) is 3. The molecule has 0 spiro atoms. The Morgan fingerprint density at radius 3 is 1.18 bits per heavy atom. The van der Waals surface area contributed by atoms with E-state index < -0.39 is 15.8 Å². The SMILES string of the molecule is [Cu+2].c1ccc(-c2ncn[nH]2)nc1.c1ccc(P(c2ccccc2)c2ccccc2Oc2ccccc2P(c2ccccc2)c2ccccc2)cc1. The zero-order valence-electron chi connectivity index (χ0n) is 27.5. The molecule has 0 saturated carbocycles. The first-order valence-corrected chi connectivity index (χ1v) is 19.0. The molecule has 1 radical (unpaired) electrons. The van der Waals surface area contributed by atoms with Gasteiger partial charge < -0.3 is 4.74 Å². The van der Waals surface area contributed by atoms with Crippen LogP contribution in [0.1, 0.15) is 0 Å². The molecule has 8 heteroatoms. The molecule has 8 aromatic rings. The first kappa shape index (κ1) is 35.6. The summed E-state index contributed by atoms with van der Waals surface area (Å²) in [7, 11) is -1.59. The molecule has 8 rings (SSSR count). The number of rotatable bonds is 9. The van der Waals surface area contributed by atoms with Crippen LogP contribution in [0.5, 0.6) is 11.5 Å². The normalized spacial score (nSPS) is 10.5. The molecule has 1 N–H and O–H groups in total. The van der Waals surface area contributed by atoms with Gasteiger partial charge in [-0.25, -0.2) is 4.98 Å². The molecule has 51 heavy (non-hydrogen) atoms. The number of benzene rings is 6. The van der Waals surface area contributed by atoms with E-state index in [1.165, 1.54) is 38.2 Å². The maximum atomic E-state index is 6.92. The number of H-pyrrole nitrogens is 1. The second-order valence-electron chi connectivity index (χ2n) is 11.1. The molecule has 0 atom stereocenters. The smallest absolute Gasteiger partial charge is 0.456 e. The molecule has 0 bridgehead atoms. The Morgan fingerprint density at radius 1 is 0.412 bits per heavy atom. The number of aromatic amines is 1. The minimum absolute atomic E-state index is 0. The molecule has 2 heterocycles. The quantitative estimate of drug-likeness (QED) is 0.121. The number of aromatic nitrogens is 4. The first-order valence-electron chi connectivity index (χ1n) is 16.3. The van der Waals surface area contributed by atoms with Crippen molar-refractivity contribution in [1.82, 2.24) is 20.2 Å². The topological polar surface area (TPSA) is 63.7 Å². The number of ether oxygens (including phenoxy) is 1. The molecular formula is C43H34CuN4OP2+2. The Morgan fingerprint density at radius 2 is 0.804 bits per heavy atom. The van der Waals surface area contributed by atoms with Gasteiger partial charge in [-0.2, -0.15) is 5.10 Å². The molecule has 0 fully saturated rings. The molecule has 6 aromatic carbocycles. The van der Waals surface area contributed by atoms with Crippen molar-refractivity contribution in [3.63, 3.8) is 0 Å². The van der Waals surface area contributed by atoms with Crippen LogP contribution in [0.25, 0.3) is 11.5 Å². The minimum Gasteiger partial charge on any atom is -0.456 e. The standard InChI is InChI=1S/C36H28OP2.C7H6N4.Cu/c1-5-17-29(18-6-1)38(30-19-7-2-8-20-30)35-27-15-13-25-33(35)37-34-26-14-16-28-36(34)39(31-21-9-3-10-22-31)32-23-11-4-12-24-32;1-2-4-8-6(3-1)7-9-5-10-11-7;/h1-28H;1-5H,(H,9,10,11);/q;;+2. The van der Waals surface area contributed by atoms with Crippen molar-refractivity contribution in [2.24, 2.45) is 0 Å². The number of hydrogen-bond acceptors (Lipinski definition) is 4. The van der Waals surface area contributed by atoms with Gasteiger partial charge in [0.15, 0.2) is 5.82 Å². The summed E-state index contributed by atoms with van der Waals surface area (Å²) in [6.45, 7) is 0. The molecule has 0 amide bonds. The predicted octanol–water partition coefficient (Wildman–Crippen LogP) is 7.86. The number of para-hydroxylation sites is 2. The van der Waals surface area contributed by atoms with Gasteiger partial charge in [0.2, 0.25) is 0 Å². The maximum Gasteiger partial charge on any atom is 2.00 e. The van der Waals surface area contributed by atoms with Gasteiger partial charge >= 0.3 is 17.1 Å². The van der Waals surface area contributed by atoms with Crippen molar-refractivity contribution in [3.8, 4) is 23.0 Å². The van der Waals surface area contributed by atoms with Crippen LogP contribution in [0.4, 0.5) is 0 Å². The van der Waals surface area contributed by atoms with Crippen LogP contribution in [-0.4, -0.2) is 20.2 Å². The molecule has 251 valence electrons. The van der Waals surface area contributed by atoms with E-state index in [4.69, 9.17) is 4.74 Å². The van der Waals surface area contributed by atoms with Crippen LogP contribution in [0.2, 0.25) is 0 Å². The van der Waals surface area contributed by atoms with Gasteiger partial charge in [0, 0.05) is 16.8 Å². The fraction of sp³-hybridized carbons (Fsp3) is 0. The third-order valence-corrected chi connectivity index (χ3v) is 12.8. The molecule has 0 aliphatic carbocycles. The summed E-state index contributed by atoms with van der Waals surface area (Å²) in [5.74, 6) is 2.50. The fourth-order valence-electron chi connectivity index (χ4n) is 5.57. The third-order valence-electron chi connectivity index (χ3n) is 7.81. The minimum atomic E-state index is -0.795. The Labute approximate surface area is 311 Å². The monoisotopic (exact) mass is 747 g/mol. The third kappa shape index (κ3) is 8.94. The predicted molar refractivity (Wildman–Crippen MR) is 210 cm³/mol. The Kier molecular flexibility index (Phi) is 12.7. The van der Waals surface area contributed by atoms with E-state index in [-0.39, 0.29) is 17.1 Å². The van der Waals surface area contributed by atoms with Gasteiger partial charge in [0.1, 0.15) is 23.5 Å². The van der Waals surface area contributed by atoms with Gasteiger partial charge in [0.25, 0.3) is 0 Å². The summed E-state index contributed by atoms with van der Waals surface area (Å²) < 4.78 is 6.92. The van der Waals surface area contributed by atoms with E-state index in [0.717, 1.165) is 17.2 Å². The maximum absolute atomic E-state index is 6.92. The van der Waals surface area contributed by atoms with Crippen molar-refractivity contribution in [2.45, 2.75) is 0 Å². The fourth-order valence-corrected chi connectivity index (χ4v) is 10.3. The zero-order valence-corrected chi connectivity index (χ0v) is 30.2. The summed E-state index contributed by atoms with van der Waals surface area (Å²) in [4.78, 5) is 8.04. The van der Waals surface area contributed by atoms with Crippen molar-refractivity contribution in [2.75, 3.05) is 0 Å². The molecule has 5 nitrogen and oxygen atoms in total. The second kappa shape index (κ2) is 18.1. The summed E-state index contributed by atoms with van der Waals surface area (Å²) in [5, 5.41) is 14.1. The number of pyridine rings is 1. The van der Waals surface area contributed by atoms with E-state index in [2.05, 4.69) is 190 Å². The number of hydrogen-bond donors (Lipinski definition) is 1. The molecular weight excluding hydrogens is 714 g/mol. The average Bonchev–Trinajstić information content (AvgIpc) is 3.75. The van der Waals surface area contributed by atoms with Crippen LogP contribution in [-0.2, 0) is 17.1 Å². The Hall–Kier alpha value is -5.21. The van der Waals surface area contributed by atoms with E-state index >= 15 is 0 Å². The van der Waals surface area contributed by atoms with Crippen molar-refractivity contribution in [3.05, 3.63) is 201 Å². The molecule has 0 unspecified atom stereocenters. The van der Waals surface area contributed by atoms with Crippen LogP contribution in [0.15, 0.2) is 201 Å². The van der Waals surface area contributed by atoms with E-state index in [9.17, 15) is 0 Å². The second-order valence-corrected chi connectivity index (χ2v) is 15.5. The summed E-state index contributed by atoms with van der Waals surface area (Å²) >= 11 is 0. The van der Waals surface area contributed by atoms with E-state index in [1.807, 2.05) is 18.2 Å². The van der Waals surface area contributed by atoms with Gasteiger partial charge in [0.05, 0.1) is 0 Å². The summed E-state index contributed by atoms with van der Waals surface area (Å²) in [6, 6.07) is 65.8. The summed E-state index contributed by atoms with van der Waals surface area (Å²) in [6.07, 6.45) is 3.18. The molecule has 2 aromatic heterocycles. The van der Waals surface area contributed by atoms with Gasteiger partial charge in [-0.15, -0.1) is 0 Å². The van der Waals surface area contributed by atoms with Crippen LogP contribution in [0, 0.1) is 0 Å². The van der Waals surface area contributed by atoms with Crippen LogP contribution < -0.4 is 36.6 Å². The summed E-state index contributed by atoms with van der Waals surface area (Å²) in [5.41, 5.74) is 0.810. The van der Waals surface area contributed by atoms with Crippen LogP contribution in [0.3, 0.4) is 0 Å². The van der Waals surface area contributed by atoms with Crippen molar-refractivity contribution >= 4 is 47.7 Å². The molecule has 0 saturated heterocycles.